The molecule has 164 valence electrons. The Hall–Kier alpha value is -0.620. The Morgan fingerprint density at radius 3 is 2.25 bits per heavy atom. The molecule has 2 aliphatic rings. The van der Waals surface area contributed by atoms with Gasteiger partial charge in [0.15, 0.2) is 6.29 Å². The van der Waals surface area contributed by atoms with Gasteiger partial charge in [0.2, 0.25) is 0 Å². The number of hydrogen-bond donors (Lipinski definition) is 7. The molecule has 2 fully saturated rings. The van der Waals surface area contributed by atoms with E-state index in [0.717, 1.165) is 0 Å². The van der Waals surface area contributed by atoms with Gasteiger partial charge in [-0.15, -0.1) is 0 Å². The van der Waals surface area contributed by atoms with Crippen LogP contribution in [-0.4, -0.2) is 97.0 Å². The zero-order valence-corrected chi connectivity index (χ0v) is 16.7. The first-order valence-corrected chi connectivity index (χ1v) is 9.59. The summed E-state index contributed by atoms with van der Waals surface area (Å²) in [6, 6.07) is 0. The molecule has 2 rings (SSSR count). The lowest BCUT2D eigenvalue weighted by molar-refractivity contribution is -0.329. The summed E-state index contributed by atoms with van der Waals surface area (Å²) in [7, 11) is 0. The van der Waals surface area contributed by atoms with E-state index < -0.39 is 72.6 Å². The first kappa shape index (κ1) is 23.7. The molecule has 28 heavy (non-hydrogen) atoms. The van der Waals surface area contributed by atoms with Crippen molar-refractivity contribution in [1.29, 1.82) is 0 Å². The minimum absolute atomic E-state index is 0.189. The van der Waals surface area contributed by atoms with Gasteiger partial charge in [-0.05, 0) is 13.3 Å². The van der Waals surface area contributed by atoms with Gasteiger partial charge in [0.25, 0.3) is 0 Å². The Labute approximate surface area is 164 Å². The summed E-state index contributed by atoms with van der Waals surface area (Å²) in [6.07, 6.45) is -6.71. The van der Waals surface area contributed by atoms with Crippen molar-refractivity contribution in [2.45, 2.75) is 88.7 Å². The second-order valence-electron chi connectivity index (χ2n) is 8.66. The summed E-state index contributed by atoms with van der Waals surface area (Å²) in [5, 5.41) is 70.7. The number of hydrogen-bond acceptors (Lipinski definition) is 9. The molecule has 1 aliphatic heterocycles. The van der Waals surface area contributed by atoms with Crippen molar-refractivity contribution in [2.75, 3.05) is 6.61 Å². The van der Waals surface area contributed by atoms with Crippen LogP contribution >= 0.6 is 0 Å². The second-order valence-corrected chi connectivity index (χ2v) is 8.66. The summed E-state index contributed by atoms with van der Waals surface area (Å²) in [6.45, 7) is 6.23. The van der Waals surface area contributed by atoms with E-state index in [1.54, 1.807) is 27.7 Å². The van der Waals surface area contributed by atoms with E-state index in [1.807, 2.05) is 0 Å². The van der Waals surface area contributed by atoms with Gasteiger partial charge in [-0.1, -0.05) is 32.9 Å². The second kappa shape index (κ2) is 8.63. The highest BCUT2D eigenvalue weighted by Gasteiger charge is 2.56. The maximum Gasteiger partial charge on any atom is 0.187 e. The van der Waals surface area contributed by atoms with Crippen molar-refractivity contribution in [3.63, 3.8) is 0 Å². The molecule has 0 amide bonds. The molecule has 9 nitrogen and oxygen atoms in total. The molecule has 0 spiro atoms. The van der Waals surface area contributed by atoms with Crippen molar-refractivity contribution in [3.05, 3.63) is 12.2 Å². The molecule has 1 saturated carbocycles. The predicted molar refractivity (Wildman–Crippen MR) is 98.0 cm³/mol. The van der Waals surface area contributed by atoms with Crippen LogP contribution in [0.1, 0.15) is 34.1 Å². The van der Waals surface area contributed by atoms with Crippen molar-refractivity contribution in [2.24, 2.45) is 11.3 Å². The molecular weight excluding hydrogens is 372 g/mol. The Bertz CT molecular complexity index is 550. The summed E-state index contributed by atoms with van der Waals surface area (Å²) in [4.78, 5) is 0. The molecular formula is C19H34O9. The van der Waals surface area contributed by atoms with E-state index >= 15 is 0 Å². The third-order valence-electron chi connectivity index (χ3n) is 6.17. The fourth-order valence-electron chi connectivity index (χ4n) is 4.13. The van der Waals surface area contributed by atoms with Gasteiger partial charge in [0.1, 0.15) is 24.4 Å². The molecule has 0 aromatic rings. The lowest BCUT2D eigenvalue weighted by Crippen LogP contribution is -2.64. The average Bonchev–Trinajstić information content (AvgIpc) is 2.63. The van der Waals surface area contributed by atoms with Crippen molar-refractivity contribution >= 4 is 0 Å². The molecule has 0 radical (unpaired) electrons. The van der Waals surface area contributed by atoms with Crippen LogP contribution in [0.3, 0.4) is 0 Å². The maximum atomic E-state index is 11.2. The summed E-state index contributed by atoms with van der Waals surface area (Å²) < 4.78 is 11.1. The number of rotatable bonds is 5. The van der Waals surface area contributed by atoms with E-state index in [1.165, 1.54) is 12.2 Å². The lowest BCUT2D eigenvalue weighted by atomic mass is 9.58. The third kappa shape index (κ3) is 4.28. The van der Waals surface area contributed by atoms with Crippen LogP contribution in [0, 0.1) is 11.3 Å². The van der Waals surface area contributed by atoms with E-state index in [4.69, 9.17) is 9.47 Å². The summed E-state index contributed by atoms with van der Waals surface area (Å²) in [5.41, 5.74) is -2.19. The molecule has 9 heteroatoms. The Balaban J connectivity index is 2.20. The van der Waals surface area contributed by atoms with Crippen LogP contribution < -0.4 is 0 Å². The smallest absolute Gasteiger partial charge is 0.187 e. The molecule has 7 N–H and O–H groups in total. The van der Waals surface area contributed by atoms with Crippen molar-refractivity contribution < 1.29 is 45.2 Å². The Kier molecular flexibility index (Phi) is 7.29. The normalized spacial score (nSPS) is 48.0. The van der Waals surface area contributed by atoms with E-state index in [0.29, 0.717) is 0 Å². The van der Waals surface area contributed by atoms with Gasteiger partial charge in [0, 0.05) is 11.3 Å². The average molecular weight is 406 g/mol. The van der Waals surface area contributed by atoms with E-state index in [-0.39, 0.29) is 6.42 Å². The minimum Gasteiger partial charge on any atom is -0.394 e. The van der Waals surface area contributed by atoms with Crippen LogP contribution in [0.5, 0.6) is 0 Å². The molecule has 0 unspecified atom stereocenters. The molecule has 10 atom stereocenters. The SMILES string of the molecule is C[C@@H]1[C@H](O)[C@@H](O[C@@H]2O[C@H](CO)[C@@H](O)[C@H](O)[C@H]2O)CC(C)(C)[C@@]1(O)/C=C/[C@@H](C)O. The fraction of sp³-hybridized carbons (Fsp3) is 0.895. The van der Waals surface area contributed by atoms with Gasteiger partial charge < -0.3 is 45.2 Å². The van der Waals surface area contributed by atoms with Crippen LogP contribution in [0.4, 0.5) is 0 Å². The monoisotopic (exact) mass is 406 g/mol. The quantitative estimate of drug-likeness (QED) is 0.263. The lowest BCUT2D eigenvalue weighted by Gasteiger charge is -2.54. The maximum absolute atomic E-state index is 11.2. The zero-order chi connectivity index (χ0) is 21.4. The van der Waals surface area contributed by atoms with E-state index in [2.05, 4.69) is 0 Å². The molecule has 1 saturated heterocycles. The van der Waals surface area contributed by atoms with Crippen LogP contribution in [0.25, 0.3) is 0 Å². The van der Waals surface area contributed by atoms with Crippen LogP contribution in [0.2, 0.25) is 0 Å². The van der Waals surface area contributed by atoms with Gasteiger partial charge in [-0.25, -0.2) is 0 Å². The Morgan fingerprint density at radius 1 is 1.11 bits per heavy atom. The molecule has 0 aromatic heterocycles. The zero-order valence-electron chi connectivity index (χ0n) is 16.7. The van der Waals surface area contributed by atoms with Gasteiger partial charge in [-0.3, -0.25) is 0 Å². The van der Waals surface area contributed by atoms with Gasteiger partial charge >= 0.3 is 0 Å². The Morgan fingerprint density at radius 2 is 1.71 bits per heavy atom. The summed E-state index contributed by atoms with van der Waals surface area (Å²) in [5.74, 6) is -0.680. The highest BCUT2D eigenvalue weighted by Crippen LogP contribution is 2.49. The molecule has 0 aromatic carbocycles. The highest BCUT2D eigenvalue weighted by molar-refractivity contribution is 5.17. The number of ether oxygens (including phenoxy) is 2. The number of aliphatic hydroxyl groups excluding tert-OH is 6. The highest BCUT2D eigenvalue weighted by atomic mass is 16.7. The third-order valence-corrected chi connectivity index (χ3v) is 6.17. The first-order chi connectivity index (χ1) is 12.9. The number of aliphatic hydroxyl groups is 7. The van der Waals surface area contributed by atoms with Crippen LogP contribution in [0.15, 0.2) is 12.2 Å². The largest absolute Gasteiger partial charge is 0.394 e. The fourth-order valence-corrected chi connectivity index (χ4v) is 4.13. The molecule has 1 heterocycles. The molecule has 1 aliphatic carbocycles. The van der Waals surface area contributed by atoms with Gasteiger partial charge in [-0.2, -0.15) is 0 Å². The van der Waals surface area contributed by atoms with E-state index in [9.17, 15) is 35.7 Å². The standard InChI is InChI=1S/C19H34O9/c1-9(21)5-6-19(26)10(2)13(22)11(7-18(19,3)4)27-17-16(25)15(24)14(23)12(8-20)28-17/h5-6,9-17,20-26H,7-8H2,1-4H3/b6-5+/t9-,10-,11+,12-,13+,14-,15+,16-,17-,19-/m1/s1. The minimum atomic E-state index is -1.58. The van der Waals surface area contributed by atoms with Crippen molar-refractivity contribution in [3.8, 4) is 0 Å². The first-order valence-electron chi connectivity index (χ1n) is 9.59. The summed E-state index contributed by atoms with van der Waals surface area (Å²) >= 11 is 0. The topological polar surface area (TPSA) is 160 Å². The van der Waals surface area contributed by atoms with Gasteiger partial charge in [0.05, 0.1) is 30.5 Å². The predicted octanol–water partition coefficient (Wildman–Crippen LogP) is -1.73. The molecule has 0 bridgehead atoms. The van der Waals surface area contributed by atoms with Crippen LogP contribution in [-0.2, 0) is 9.47 Å². The van der Waals surface area contributed by atoms with Crippen molar-refractivity contribution in [1.82, 2.24) is 0 Å².